The molecule has 0 aliphatic heterocycles. The SMILES string of the molecule is CCOP(=O)(OCC)N(C=S)C1CCCCC1. The van der Waals surface area contributed by atoms with Crippen molar-refractivity contribution in [3.63, 3.8) is 0 Å². The van der Waals surface area contributed by atoms with Gasteiger partial charge in [-0.1, -0.05) is 31.5 Å². The van der Waals surface area contributed by atoms with Crippen LogP contribution in [0.2, 0.25) is 0 Å². The van der Waals surface area contributed by atoms with Crippen LogP contribution in [0.15, 0.2) is 0 Å². The van der Waals surface area contributed by atoms with E-state index in [9.17, 15) is 4.57 Å². The van der Waals surface area contributed by atoms with Crippen LogP contribution in [0.5, 0.6) is 0 Å². The van der Waals surface area contributed by atoms with Crippen LogP contribution in [-0.2, 0) is 13.6 Å². The fourth-order valence-electron chi connectivity index (χ4n) is 2.19. The first kappa shape index (κ1) is 15.1. The first-order chi connectivity index (χ1) is 8.18. The lowest BCUT2D eigenvalue weighted by Crippen LogP contribution is -2.34. The van der Waals surface area contributed by atoms with E-state index in [4.69, 9.17) is 21.3 Å². The van der Waals surface area contributed by atoms with Crippen LogP contribution in [0.1, 0.15) is 46.0 Å². The highest BCUT2D eigenvalue weighted by atomic mass is 32.1. The fourth-order valence-corrected chi connectivity index (χ4v) is 4.45. The summed E-state index contributed by atoms with van der Waals surface area (Å²) in [6, 6.07) is 0.199. The zero-order valence-corrected chi connectivity index (χ0v) is 12.3. The Kier molecular flexibility index (Phi) is 6.63. The van der Waals surface area contributed by atoms with Gasteiger partial charge in [-0.05, 0) is 26.7 Å². The summed E-state index contributed by atoms with van der Waals surface area (Å²) < 4.78 is 24.9. The first-order valence-electron chi connectivity index (χ1n) is 6.31. The Balaban J connectivity index is 2.79. The van der Waals surface area contributed by atoms with E-state index in [1.165, 1.54) is 11.9 Å². The molecule has 0 bridgehead atoms. The van der Waals surface area contributed by atoms with Crippen molar-refractivity contribution in [3.8, 4) is 0 Å². The number of hydrogen-bond acceptors (Lipinski definition) is 4. The second-order valence-electron chi connectivity index (χ2n) is 4.08. The predicted octanol–water partition coefficient (Wildman–Crippen LogP) is 3.76. The van der Waals surface area contributed by atoms with Crippen molar-refractivity contribution in [2.24, 2.45) is 0 Å². The Morgan fingerprint density at radius 2 is 1.76 bits per heavy atom. The van der Waals surface area contributed by atoms with Crippen LogP contribution in [0, 0.1) is 0 Å². The summed E-state index contributed by atoms with van der Waals surface area (Å²) in [7, 11) is -3.22. The average molecular weight is 279 g/mol. The third kappa shape index (κ3) is 4.02. The summed E-state index contributed by atoms with van der Waals surface area (Å²) in [5.41, 5.74) is 1.45. The van der Waals surface area contributed by atoms with Crippen LogP contribution in [-0.4, -0.2) is 29.4 Å². The summed E-state index contributed by atoms with van der Waals surface area (Å²) in [4.78, 5) is 0. The molecular formula is C11H22NO3PS. The van der Waals surface area contributed by atoms with Crippen molar-refractivity contribution in [1.82, 2.24) is 4.67 Å². The van der Waals surface area contributed by atoms with E-state index >= 15 is 0 Å². The lowest BCUT2D eigenvalue weighted by atomic mass is 9.96. The maximum atomic E-state index is 12.6. The van der Waals surface area contributed by atoms with E-state index < -0.39 is 7.75 Å². The lowest BCUT2D eigenvalue weighted by molar-refractivity contribution is 0.170. The summed E-state index contributed by atoms with van der Waals surface area (Å²) in [5.74, 6) is 0. The van der Waals surface area contributed by atoms with Gasteiger partial charge in [0.2, 0.25) is 0 Å². The van der Waals surface area contributed by atoms with Gasteiger partial charge in [-0.2, -0.15) is 0 Å². The topological polar surface area (TPSA) is 38.8 Å². The molecule has 100 valence electrons. The van der Waals surface area contributed by atoms with Crippen molar-refractivity contribution in [2.45, 2.75) is 52.0 Å². The molecule has 1 saturated carbocycles. The van der Waals surface area contributed by atoms with Crippen LogP contribution in [0.25, 0.3) is 0 Å². The van der Waals surface area contributed by atoms with E-state index in [0.717, 1.165) is 25.7 Å². The highest BCUT2D eigenvalue weighted by molar-refractivity contribution is 7.79. The van der Waals surface area contributed by atoms with E-state index in [1.54, 1.807) is 4.67 Å². The van der Waals surface area contributed by atoms with Gasteiger partial charge in [0.15, 0.2) is 0 Å². The van der Waals surface area contributed by atoms with Gasteiger partial charge in [-0.3, -0.25) is 13.7 Å². The molecule has 0 aromatic heterocycles. The molecule has 0 N–H and O–H groups in total. The van der Waals surface area contributed by atoms with Crippen molar-refractivity contribution in [2.75, 3.05) is 13.2 Å². The molecule has 1 aliphatic rings. The molecule has 1 aliphatic carbocycles. The number of nitrogens with zero attached hydrogens (tertiary/aromatic N) is 1. The number of thiocarbonyl (C=S) groups is 1. The van der Waals surface area contributed by atoms with Gasteiger partial charge in [0.25, 0.3) is 0 Å². The maximum Gasteiger partial charge on any atom is 0.435 e. The summed E-state index contributed by atoms with van der Waals surface area (Å²) in [5, 5.41) is 0. The van der Waals surface area contributed by atoms with Gasteiger partial charge in [0.1, 0.15) is 0 Å². The molecule has 0 unspecified atom stereocenters. The summed E-state index contributed by atoms with van der Waals surface area (Å²) in [6.45, 7) is 4.36. The molecule has 6 heteroatoms. The molecule has 1 fully saturated rings. The quantitative estimate of drug-likeness (QED) is 0.524. The molecular weight excluding hydrogens is 257 g/mol. The molecule has 0 aromatic carbocycles. The predicted molar refractivity (Wildman–Crippen MR) is 73.2 cm³/mol. The van der Waals surface area contributed by atoms with Crippen LogP contribution < -0.4 is 0 Å². The van der Waals surface area contributed by atoms with E-state index in [1.807, 2.05) is 13.8 Å². The fraction of sp³-hybridized carbons (Fsp3) is 0.909. The minimum atomic E-state index is -3.22. The molecule has 4 nitrogen and oxygen atoms in total. The molecule has 0 heterocycles. The highest BCUT2D eigenvalue weighted by Crippen LogP contribution is 2.53. The minimum Gasteiger partial charge on any atom is -0.292 e. The Hall–Kier alpha value is 0.0400. The Morgan fingerprint density at radius 3 is 2.18 bits per heavy atom. The van der Waals surface area contributed by atoms with Crippen LogP contribution >= 0.6 is 20.0 Å². The molecule has 17 heavy (non-hydrogen) atoms. The Bertz CT molecular complexity index is 272. The lowest BCUT2D eigenvalue weighted by Gasteiger charge is -2.36. The number of hydrogen-bond donors (Lipinski definition) is 0. The monoisotopic (exact) mass is 279 g/mol. The van der Waals surface area contributed by atoms with Gasteiger partial charge < -0.3 is 0 Å². The largest absolute Gasteiger partial charge is 0.435 e. The molecule has 0 atom stereocenters. The zero-order chi connectivity index (χ0) is 12.7. The molecule has 0 amide bonds. The van der Waals surface area contributed by atoms with Gasteiger partial charge >= 0.3 is 7.75 Å². The van der Waals surface area contributed by atoms with Crippen molar-refractivity contribution < 1.29 is 13.6 Å². The van der Waals surface area contributed by atoms with Gasteiger partial charge in [0.05, 0.1) is 18.7 Å². The smallest absolute Gasteiger partial charge is 0.292 e. The van der Waals surface area contributed by atoms with E-state index in [0.29, 0.717) is 13.2 Å². The third-order valence-corrected chi connectivity index (χ3v) is 5.48. The highest BCUT2D eigenvalue weighted by Gasteiger charge is 2.36. The molecule has 0 spiro atoms. The third-order valence-electron chi connectivity index (χ3n) is 2.92. The van der Waals surface area contributed by atoms with Crippen molar-refractivity contribution >= 4 is 25.5 Å². The normalized spacial score (nSPS) is 18.0. The summed E-state index contributed by atoms with van der Waals surface area (Å²) in [6.07, 6.45) is 5.58. The maximum absolute atomic E-state index is 12.6. The molecule has 1 rings (SSSR count). The first-order valence-corrected chi connectivity index (χ1v) is 8.27. The molecule has 0 radical (unpaired) electrons. The minimum absolute atomic E-state index is 0.199. The second-order valence-corrected chi connectivity index (χ2v) is 6.21. The molecule has 0 aromatic rings. The Morgan fingerprint density at radius 1 is 1.24 bits per heavy atom. The number of rotatable bonds is 7. The Labute approximate surface area is 109 Å². The van der Waals surface area contributed by atoms with Crippen molar-refractivity contribution in [1.29, 1.82) is 0 Å². The van der Waals surface area contributed by atoms with E-state index in [2.05, 4.69) is 0 Å². The average Bonchev–Trinajstić information content (AvgIpc) is 2.31. The van der Waals surface area contributed by atoms with Crippen molar-refractivity contribution in [3.05, 3.63) is 0 Å². The van der Waals surface area contributed by atoms with Crippen LogP contribution in [0.4, 0.5) is 0 Å². The molecule has 0 saturated heterocycles. The van der Waals surface area contributed by atoms with E-state index in [-0.39, 0.29) is 6.04 Å². The second kappa shape index (κ2) is 7.47. The van der Waals surface area contributed by atoms with Crippen LogP contribution in [0.3, 0.4) is 0 Å². The van der Waals surface area contributed by atoms with Gasteiger partial charge in [-0.25, -0.2) is 4.57 Å². The van der Waals surface area contributed by atoms with Gasteiger partial charge in [0, 0.05) is 6.04 Å². The standard InChI is InChI=1S/C11H22NO3PS/c1-3-14-16(13,15-4-2)12(10-17)11-8-6-5-7-9-11/h10-11H,3-9H2,1-2H3. The zero-order valence-electron chi connectivity index (χ0n) is 10.6. The van der Waals surface area contributed by atoms with Gasteiger partial charge in [-0.15, -0.1) is 0 Å². The summed E-state index contributed by atoms with van der Waals surface area (Å²) >= 11 is 5.00.